The molecule has 2 aliphatic rings. The Morgan fingerprint density at radius 1 is 1.32 bits per heavy atom. The summed E-state index contributed by atoms with van der Waals surface area (Å²) >= 11 is 0. The van der Waals surface area contributed by atoms with Crippen LogP contribution in [0.5, 0.6) is 5.75 Å². The number of ether oxygens (including phenoxy) is 2. The number of amides is 1. The number of methoxy groups -OCH3 is 1. The first kappa shape index (κ1) is 17.7. The molecule has 2 N–H and O–H groups in total. The molecule has 1 heterocycles. The monoisotopic (exact) mass is 347 g/mol. The summed E-state index contributed by atoms with van der Waals surface area (Å²) in [6.45, 7) is 1.34. The average molecular weight is 347 g/mol. The van der Waals surface area contributed by atoms with Crippen LogP contribution in [0.25, 0.3) is 0 Å². The quantitative estimate of drug-likeness (QED) is 0.788. The minimum Gasteiger partial charge on any atom is -0.496 e. The number of carbonyl (C=O) groups is 2. The van der Waals surface area contributed by atoms with E-state index < -0.39 is 17.3 Å². The Bertz CT molecular complexity index is 634. The molecule has 0 aromatic heterocycles. The van der Waals surface area contributed by atoms with Crippen LogP contribution < -0.4 is 10.1 Å². The van der Waals surface area contributed by atoms with Gasteiger partial charge in [-0.3, -0.25) is 9.59 Å². The van der Waals surface area contributed by atoms with Gasteiger partial charge in [-0.15, -0.1) is 0 Å². The first-order valence-electron chi connectivity index (χ1n) is 8.81. The number of carboxylic acids is 1. The lowest BCUT2D eigenvalue weighted by atomic mass is 9.85. The molecule has 3 rings (SSSR count). The number of hydrogen-bond donors (Lipinski definition) is 2. The maximum Gasteiger partial charge on any atom is 0.308 e. The Morgan fingerprint density at radius 2 is 2.00 bits per heavy atom. The highest BCUT2D eigenvalue weighted by atomic mass is 16.5. The molecule has 2 fully saturated rings. The molecule has 136 valence electrons. The lowest BCUT2D eigenvalue weighted by molar-refractivity contribution is -0.145. The number of rotatable bonds is 7. The van der Waals surface area contributed by atoms with E-state index >= 15 is 0 Å². The summed E-state index contributed by atoms with van der Waals surface area (Å²) in [5, 5.41) is 12.4. The largest absolute Gasteiger partial charge is 0.496 e. The Hall–Kier alpha value is -2.08. The summed E-state index contributed by atoms with van der Waals surface area (Å²) < 4.78 is 10.7. The second-order valence-corrected chi connectivity index (χ2v) is 6.89. The summed E-state index contributed by atoms with van der Waals surface area (Å²) in [5.74, 6) is -0.770. The van der Waals surface area contributed by atoms with E-state index in [4.69, 9.17) is 9.47 Å². The van der Waals surface area contributed by atoms with E-state index in [1.54, 1.807) is 7.11 Å². The fraction of sp³-hybridized carbons (Fsp3) is 0.579. The summed E-state index contributed by atoms with van der Waals surface area (Å²) in [5.41, 5.74) is 0.304. The van der Waals surface area contributed by atoms with Crippen molar-refractivity contribution >= 4 is 11.9 Å². The van der Waals surface area contributed by atoms with Gasteiger partial charge in [-0.2, -0.15) is 0 Å². The average Bonchev–Trinajstić information content (AvgIpc) is 3.44. The van der Waals surface area contributed by atoms with Crippen molar-refractivity contribution < 1.29 is 24.2 Å². The summed E-state index contributed by atoms with van der Waals surface area (Å²) in [7, 11) is 1.60. The van der Waals surface area contributed by atoms with Gasteiger partial charge in [0.1, 0.15) is 5.75 Å². The molecule has 1 aromatic rings. The number of aliphatic carboxylic acids is 1. The number of para-hydroxylation sites is 1. The van der Waals surface area contributed by atoms with Crippen LogP contribution in [0.3, 0.4) is 0 Å². The van der Waals surface area contributed by atoms with Crippen molar-refractivity contribution in [2.24, 2.45) is 11.8 Å². The third-order valence-electron chi connectivity index (χ3n) is 5.44. The van der Waals surface area contributed by atoms with Crippen LogP contribution >= 0.6 is 0 Å². The number of benzene rings is 1. The predicted molar refractivity (Wildman–Crippen MR) is 91.6 cm³/mol. The lowest BCUT2D eigenvalue weighted by Crippen LogP contribution is -2.42. The normalized spacial score (nSPS) is 20.5. The maximum atomic E-state index is 12.8. The zero-order valence-corrected chi connectivity index (χ0v) is 14.5. The highest BCUT2D eigenvalue weighted by molar-refractivity contribution is 5.92. The van der Waals surface area contributed by atoms with Gasteiger partial charge in [0.15, 0.2) is 0 Å². The molecular weight excluding hydrogens is 322 g/mol. The number of carbonyl (C=O) groups excluding carboxylic acids is 1. The Morgan fingerprint density at radius 3 is 2.60 bits per heavy atom. The molecule has 0 bridgehead atoms. The molecule has 6 nitrogen and oxygen atoms in total. The summed E-state index contributed by atoms with van der Waals surface area (Å²) in [6.07, 6.45) is 2.97. The van der Waals surface area contributed by atoms with Gasteiger partial charge in [0.2, 0.25) is 5.91 Å². The Labute approximate surface area is 147 Å². The predicted octanol–water partition coefficient (Wildman–Crippen LogP) is 1.97. The van der Waals surface area contributed by atoms with Gasteiger partial charge < -0.3 is 19.9 Å². The maximum absolute atomic E-state index is 12.8. The molecule has 6 heteroatoms. The molecule has 1 saturated carbocycles. The van der Waals surface area contributed by atoms with Gasteiger partial charge in [-0.25, -0.2) is 0 Å². The molecule has 25 heavy (non-hydrogen) atoms. The first-order chi connectivity index (χ1) is 12.1. The fourth-order valence-electron chi connectivity index (χ4n) is 3.73. The van der Waals surface area contributed by atoms with E-state index in [2.05, 4.69) is 5.32 Å². The third kappa shape index (κ3) is 3.63. The van der Waals surface area contributed by atoms with Crippen LogP contribution in [0.15, 0.2) is 24.3 Å². The number of nitrogens with one attached hydrogen (secondary N) is 1. The minimum absolute atomic E-state index is 0.0490. The first-order valence-corrected chi connectivity index (χ1v) is 8.81. The molecule has 1 aliphatic heterocycles. The van der Waals surface area contributed by atoms with E-state index in [-0.39, 0.29) is 18.4 Å². The van der Waals surface area contributed by atoms with Crippen LogP contribution in [0.1, 0.15) is 31.2 Å². The van der Waals surface area contributed by atoms with Crippen molar-refractivity contribution in [3.8, 4) is 5.75 Å². The van der Waals surface area contributed by atoms with E-state index in [0.29, 0.717) is 19.0 Å². The molecule has 1 amide bonds. The van der Waals surface area contributed by atoms with E-state index in [9.17, 15) is 14.7 Å². The Kier molecular flexibility index (Phi) is 5.27. The van der Waals surface area contributed by atoms with Crippen molar-refractivity contribution in [1.82, 2.24) is 5.32 Å². The zero-order valence-electron chi connectivity index (χ0n) is 14.5. The Balaban J connectivity index is 1.68. The molecular formula is C19H25NO5. The fourth-order valence-corrected chi connectivity index (χ4v) is 3.73. The third-order valence-corrected chi connectivity index (χ3v) is 5.44. The van der Waals surface area contributed by atoms with E-state index in [1.165, 1.54) is 0 Å². The van der Waals surface area contributed by atoms with Crippen molar-refractivity contribution in [3.05, 3.63) is 29.8 Å². The summed E-state index contributed by atoms with van der Waals surface area (Å²) in [4.78, 5) is 24.5. The highest BCUT2D eigenvalue weighted by Crippen LogP contribution is 2.51. The van der Waals surface area contributed by atoms with E-state index in [1.807, 2.05) is 24.3 Å². The number of carboxylic acid groups (broad SMARTS) is 1. The van der Waals surface area contributed by atoms with Gasteiger partial charge in [0.05, 0.1) is 18.4 Å². The van der Waals surface area contributed by atoms with Crippen LogP contribution in [0.4, 0.5) is 0 Å². The van der Waals surface area contributed by atoms with Crippen LogP contribution in [-0.2, 0) is 19.7 Å². The van der Waals surface area contributed by atoms with Gasteiger partial charge >= 0.3 is 5.97 Å². The smallest absolute Gasteiger partial charge is 0.308 e. The van der Waals surface area contributed by atoms with E-state index in [0.717, 1.165) is 31.2 Å². The lowest BCUT2D eigenvalue weighted by Gasteiger charge is -2.28. The highest BCUT2D eigenvalue weighted by Gasteiger charge is 2.52. The van der Waals surface area contributed by atoms with Crippen molar-refractivity contribution in [1.29, 1.82) is 0 Å². The van der Waals surface area contributed by atoms with Crippen LogP contribution in [0.2, 0.25) is 0 Å². The molecule has 0 spiro atoms. The second-order valence-electron chi connectivity index (χ2n) is 6.89. The SMILES string of the molecule is COc1ccccc1C1(C(=O)NCC(C(=O)O)C2CCOCC2)CC1. The molecule has 1 aromatic carbocycles. The van der Waals surface area contributed by atoms with Gasteiger partial charge in [0, 0.05) is 25.3 Å². The standard InChI is InChI=1S/C19H25NO5/c1-24-16-5-3-2-4-15(16)19(8-9-19)18(23)20-12-14(17(21)22)13-6-10-25-11-7-13/h2-5,13-14H,6-12H2,1H3,(H,20,23)(H,21,22). The molecule has 0 radical (unpaired) electrons. The molecule has 1 unspecified atom stereocenters. The van der Waals surface area contributed by atoms with Gasteiger partial charge in [0.25, 0.3) is 0 Å². The molecule has 1 atom stereocenters. The van der Waals surface area contributed by atoms with Crippen LogP contribution in [-0.4, -0.2) is 43.9 Å². The van der Waals surface area contributed by atoms with Gasteiger partial charge in [-0.1, -0.05) is 18.2 Å². The van der Waals surface area contributed by atoms with Gasteiger partial charge in [-0.05, 0) is 37.7 Å². The van der Waals surface area contributed by atoms with Crippen LogP contribution in [0, 0.1) is 11.8 Å². The van der Waals surface area contributed by atoms with Crippen molar-refractivity contribution in [2.75, 3.05) is 26.9 Å². The molecule has 1 aliphatic carbocycles. The van der Waals surface area contributed by atoms with Crippen molar-refractivity contribution in [3.63, 3.8) is 0 Å². The zero-order chi connectivity index (χ0) is 17.9. The van der Waals surface area contributed by atoms with Crippen molar-refractivity contribution in [2.45, 2.75) is 31.1 Å². The topological polar surface area (TPSA) is 84.9 Å². The minimum atomic E-state index is -0.852. The molecule has 1 saturated heterocycles. The second kappa shape index (κ2) is 7.44. The summed E-state index contributed by atoms with van der Waals surface area (Å²) in [6, 6.07) is 7.54. The number of hydrogen-bond acceptors (Lipinski definition) is 4.